The fraction of sp³-hybridized carbons (Fsp3) is 0.538. The number of nitro groups is 1. The van der Waals surface area contributed by atoms with E-state index in [0.29, 0.717) is 11.8 Å². The summed E-state index contributed by atoms with van der Waals surface area (Å²) in [5.74, 6) is 0.878. The molecule has 0 radical (unpaired) electrons. The van der Waals surface area contributed by atoms with Gasteiger partial charge >= 0.3 is 0 Å². The highest BCUT2D eigenvalue weighted by atomic mass is 16.6. The summed E-state index contributed by atoms with van der Waals surface area (Å²) in [5, 5.41) is 20.6. The molecule has 2 aliphatic rings. The highest BCUT2D eigenvalue weighted by Crippen LogP contribution is 2.40. The number of aliphatic hydroxyl groups is 1. The molecule has 1 aromatic rings. The normalized spacial score (nSPS) is 30.5. The highest BCUT2D eigenvalue weighted by molar-refractivity contribution is 5.54. The van der Waals surface area contributed by atoms with Gasteiger partial charge in [0.1, 0.15) is 0 Å². The minimum absolute atomic E-state index is 0.130. The molecule has 5 heteroatoms. The maximum atomic E-state index is 10.8. The van der Waals surface area contributed by atoms with Crippen molar-refractivity contribution in [1.29, 1.82) is 0 Å². The van der Waals surface area contributed by atoms with Crippen LogP contribution in [-0.2, 0) is 0 Å². The first-order chi connectivity index (χ1) is 8.65. The molecule has 1 saturated heterocycles. The monoisotopic (exact) mass is 248 g/mol. The molecule has 96 valence electrons. The second-order valence-electron chi connectivity index (χ2n) is 5.25. The maximum Gasteiger partial charge on any atom is 0.271 e. The molecule has 1 aliphatic carbocycles. The zero-order valence-corrected chi connectivity index (χ0v) is 10.0. The van der Waals surface area contributed by atoms with Crippen LogP contribution in [0.5, 0.6) is 0 Å². The first-order valence-corrected chi connectivity index (χ1v) is 6.32. The largest absolute Gasteiger partial charge is 0.393 e. The number of non-ortho nitro benzene ring substituents is 1. The molecule has 0 aromatic heterocycles. The Morgan fingerprint density at radius 3 is 2.89 bits per heavy atom. The van der Waals surface area contributed by atoms with Gasteiger partial charge in [-0.05, 0) is 24.8 Å². The van der Waals surface area contributed by atoms with Crippen molar-refractivity contribution in [2.75, 3.05) is 18.0 Å². The SMILES string of the molecule is O=[N+]([O-])c1cccc(N2CC3CCC(O)C3C2)c1. The Hall–Kier alpha value is -1.62. The highest BCUT2D eigenvalue weighted by Gasteiger charge is 2.41. The van der Waals surface area contributed by atoms with E-state index in [4.69, 9.17) is 0 Å². The summed E-state index contributed by atoms with van der Waals surface area (Å²) in [6, 6.07) is 6.75. The van der Waals surface area contributed by atoms with Crippen LogP contribution in [0.3, 0.4) is 0 Å². The molecule has 1 N–H and O–H groups in total. The number of fused-ring (bicyclic) bond motifs is 1. The van der Waals surface area contributed by atoms with Crippen LogP contribution in [0.4, 0.5) is 11.4 Å². The molecule has 1 aliphatic heterocycles. The average Bonchev–Trinajstić information content (AvgIpc) is 2.92. The van der Waals surface area contributed by atoms with Crippen LogP contribution < -0.4 is 4.90 Å². The Morgan fingerprint density at radius 2 is 2.17 bits per heavy atom. The molecule has 18 heavy (non-hydrogen) atoms. The third-order valence-corrected chi connectivity index (χ3v) is 4.22. The van der Waals surface area contributed by atoms with E-state index in [2.05, 4.69) is 4.90 Å². The van der Waals surface area contributed by atoms with Crippen molar-refractivity contribution in [3.63, 3.8) is 0 Å². The number of benzene rings is 1. The van der Waals surface area contributed by atoms with Crippen LogP contribution in [0.25, 0.3) is 0 Å². The standard InChI is InChI=1S/C13H16N2O3/c16-13-5-4-9-7-14(8-12(9)13)10-2-1-3-11(6-10)15(17)18/h1-3,6,9,12-13,16H,4-5,7-8H2. The Bertz CT molecular complexity index is 477. The summed E-state index contributed by atoms with van der Waals surface area (Å²) < 4.78 is 0. The van der Waals surface area contributed by atoms with Crippen molar-refractivity contribution in [3.8, 4) is 0 Å². The molecule has 1 aromatic carbocycles. The van der Waals surface area contributed by atoms with E-state index < -0.39 is 0 Å². The second kappa shape index (κ2) is 4.24. The van der Waals surface area contributed by atoms with Gasteiger partial charge in [0.05, 0.1) is 11.0 Å². The molecule has 3 atom stereocenters. The van der Waals surface area contributed by atoms with Crippen LogP contribution >= 0.6 is 0 Å². The zero-order chi connectivity index (χ0) is 12.7. The van der Waals surface area contributed by atoms with Crippen LogP contribution in [0.1, 0.15) is 12.8 Å². The number of nitro benzene ring substituents is 1. The smallest absolute Gasteiger partial charge is 0.271 e. The molecule has 0 amide bonds. The van der Waals surface area contributed by atoms with E-state index in [9.17, 15) is 15.2 Å². The number of hydrogen-bond acceptors (Lipinski definition) is 4. The molecule has 3 rings (SSSR count). The van der Waals surface area contributed by atoms with Crippen LogP contribution in [0.2, 0.25) is 0 Å². The van der Waals surface area contributed by atoms with Gasteiger partial charge in [-0.3, -0.25) is 10.1 Å². The van der Waals surface area contributed by atoms with E-state index in [0.717, 1.165) is 31.6 Å². The molecule has 5 nitrogen and oxygen atoms in total. The van der Waals surface area contributed by atoms with Gasteiger partial charge in [0, 0.05) is 36.8 Å². The molecule has 0 bridgehead atoms. The van der Waals surface area contributed by atoms with Crippen LogP contribution in [0, 0.1) is 22.0 Å². The number of anilines is 1. The summed E-state index contributed by atoms with van der Waals surface area (Å²) in [5.41, 5.74) is 1.02. The average molecular weight is 248 g/mol. The van der Waals surface area contributed by atoms with Gasteiger partial charge in [0.15, 0.2) is 0 Å². The molecule has 2 fully saturated rings. The summed E-state index contributed by atoms with van der Waals surface area (Å²) in [4.78, 5) is 12.6. The zero-order valence-electron chi connectivity index (χ0n) is 10.0. The van der Waals surface area contributed by atoms with Gasteiger partial charge in [-0.2, -0.15) is 0 Å². The summed E-state index contributed by atoms with van der Waals surface area (Å²) in [7, 11) is 0. The predicted octanol–water partition coefficient (Wildman–Crippen LogP) is 1.80. The number of nitrogens with zero attached hydrogens (tertiary/aromatic N) is 2. The quantitative estimate of drug-likeness (QED) is 0.640. The number of hydrogen-bond donors (Lipinski definition) is 1. The number of rotatable bonds is 2. The molecular weight excluding hydrogens is 232 g/mol. The molecule has 3 unspecified atom stereocenters. The van der Waals surface area contributed by atoms with Gasteiger partial charge < -0.3 is 10.0 Å². The van der Waals surface area contributed by atoms with E-state index in [1.165, 1.54) is 6.07 Å². The van der Waals surface area contributed by atoms with Crippen LogP contribution in [-0.4, -0.2) is 29.2 Å². The minimum Gasteiger partial charge on any atom is -0.393 e. The van der Waals surface area contributed by atoms with Crippen molar-refractivity contribution >= 4 is 11.4 Å². The maximum absolute atomic E-state index is 10.8. The molecule has 1 heterocycles. The van der Waals surface area contributed by atoms with Gasteiger partial charge in [-0.15, -0.1) is 0 Å². The van der Waals surface area contributed by atoms with Crippen molar-refractivity contribution in [1.82, 2.24) is 0 Å². The predicted molar refractivity (Wildman–Crippen MR) is 67.5 cm³/mol. The summed E-state index contributed by atoms with van der Waals surface area (Å²) >= 11 is 0. The third-order valence-electron chi connectivity index (χ3n) is 4.22. The van der Waals surface area contributed by atoms with E-state index >= 15 is 0 Å². The lowest BCUT2D eigenvalue weighted by molar-refractivity contribution is -0.384. The Labute approximate surface area is 105 Å². The van der Waals surface area contributed by atoms with Crippen molar-refractivity contribution < 1.29 is 10.0 Å². The Morgan fingerprint density at radius 1 is 1.33 bits per heavy atom. The summed E-state index contributed by atoms with van der Waals surface area (Å²) in [6.45, 7) is 1.72. The van der Waals surface area contributed by atoms with Crippen molar-refractivity contribution in [2.24, 2.45) is 11.8 Å². The topological polar surface area (TPSA) is 66.6 Å². The van der Waals surface area contributed by atoms with E-state index in [-0.39, 0.29) is 16.7 Å². The van der Waals surface area contributed by atoms with Gasteiger partial charge in [-0.25, -0.2) is 0 Å². The fourth-order valence-electron chi connectivity index (χ4n) is 3.25. The molecular formula is C13H16N2O3. The molecule has 0 spiro atoms. The van der Waals surface area contributed by atoms with E-state index in [1.807, 2.05) is 6.07 Å². The van der Waals surface area contributed by atoms with E-state index in [1.54, 1.807) is 12.1 Å². The Balaban J connectivity index is 1.80. The lowest BCUT2D eigenvalue weighted by Crippen LogP contribution is -2.24. The first-order valence-electron chi connectivity index (χ1n) is 6.32. The third kappa shape index (κ3) is 1.84. The van der Waals surface area contributed by atoms with Crippen molar-refractivity contribution in [3.05, 3.63) is 34.4 Å². The van der Waals surface area contributed by atoms with Gasteiger partial charge in [0.25, 0.3) is 5.69 Å². The van der Waals surface area contributed by atoms with Gasteiger partial charge in [0.2, 0.25) is 0 Å². The molecule has 1 saturated carbocycles. The minimum atomic E-state index is -0.366. The second-order valence-corrected chi connectivity index (χ2v) is 5.25. The van der Waals surface area contributed by atoms with Crippen molar-refractivity contribution in [2.45, 2.75) is 18.9 Å². The van der Waals surface area contributed by atoms with Gasteiger partial charge in [-0.1, -0.05) is 6.07 Å². The fourth-order valence-corrected chi connectivity index (χ4v) is 3.25. The lowest BCUT2D eigenvalue weighted by Gasteiger charge is -2.20. The van der Waals surface area contributed by atoms with Crippen LogP contribution in [0.15, 0.2) is 24.3 Å². The number of aliphatic hydroxyl groups excluding tert-OH is 1. The lowest BCUT2D eigenvalue weighted by atomic mass is 10.00. The Kier molecular flexibility index (Phi) is 2.70. The summed E-state index contributed by atoms with van der Waals surface area (Å²) in [6.07, 6.45) is 1.77. The first kappa shape index (κ1) is 11.5.